The van der Waals surface area contributed by atoms with Crippen molar-refractivity contribution in [2.75, 3.05) is 0 Å². The molecule has 0 bridgehead atoms. The number of carbonyl (C=O) groups is 1. The molecule has 1 N–H and O–H groups in total. The van der Waals surface area contributed by atoms with Gasteiger partial charge in [0.05, 0.1) is 0 Å². The molecule has 0 aromatic carbocycles. The zero-order valence-electron chi connectivity index (χ0n) is 10.7. The minimum Gasteiger partial charge on any atom is -0.477 e. The predicted octanol–water partition coefficient (Wildman–Crippen LogP) is 3.60. The molecule has 3 heteroatoms. The van der Waals surface area contributed by atoms with Crippen molar-refractivity contribution in [1.82, 2.24) is 0 Å². The van der Waals surface area contributed by atoms with Crippen LogP contribution in [0.25, 0.3) is 0 Å². The predicted molar refractivity (Wildman–Crippen MR) is 68.4 cm³/mol. The van der Waals surface area contributed by atoms with E-state index in [1.54, 1.807) is 12.1 Å². The van der Waals surface area contributed by atoms with Gasteiger partial charge in [-0.05, 0) is 46.1 Å². The van der Waals surface area contributed by atoms with E-state index in [-0.39, 0.29) is 5.57 Å². The standard InChI is InChI=1S/C14H19NO2/c1-11(2)6-4-5-7-12(3)8-9-13(10-15)14(16)17/h6,8-9H,4-5,7H2,1-3H3,(H,16,17)/b12-8-,13-9-. The summed E-state index contributed by atoms with van der Waals surface area (Å²) in [7, 11) is 0. The molecule has 92 valence electrons. The van der Waals surface area contributed by atoms with Gasteiger partial charge in [0.15, 0.2) is 0 Å². The van der Waals surface area contributed by atoms with Gasteiger partial charge < -0.3 is 5.11 Å². The van der Waals surface area contributed by atoms with Crippen molar-refractivity contribution in [3.63, 3.8) is 0 Å². The molecular weight excluding hydrogens is 214 g/mol. The number of hydrogen-bond donors (Lipinski definition) is 1. The van der Waals surface area contributed by atoms with Crippen molar-refractivity contribution in [2.45, 2.75) is 40.0 Å². The van der Waals surface area contributed by atoms with Crippen molar-refractivity contribution in [1.29, 1.82) is 5.26 Å². The van der Waals surface area contributed by atoms with Crippen molar-refractivity contribution < 1.29 is 9.90 Å². The smallest absolute Gasteiger partial charge is 0.346 e. The van der Waals surface area contributed by atoms with Gasteiger partial charge in [0.1, 0.15) is 11.6 Å². The minimum absolute atomic E-state index is 0.228. The largest absolute Gasteiger partial charge is 0.477 e. The highest BCUT2D eigenvalue weighted by Gasteiger charge is 2.02. The SMILES string of the molecule is CC(C)=CCCC/C(C)=C\C=C(\C#N)C(=O)O. The molecule has 0 saturated heterocycles. The second-order valence-corrected chi connectivity index (χ2v) is 4.18. The van der Waals surface area contributed by atoms with Crippen LogP contribution in [0.2, 0.25) is 0 Å². The van der Waals surface area contributed by atoms with Crippen LogP contribution in [0, 0.1) is 11.3 Å². The molecule has 0 aromatic heterocycles. The third kappa shape index (κ3) is 8.04. The van der Waals surface area contributed by atoms with E-state index in [4.69, 9.17) is 10.4 Å². The molecular formula is C14H19NO2. The lowest BCUT2D eigenvalue weighted by molar-refractivity contribution is -0.132. The maximum absolute atomic E-state index is 10.6. The summed E-state index contributed by atoms with van der Waals surface area (Å²) in [5.74, 6) is -1.18. The van der Waals surface area contributed by atoms with Crippen LogP contribution in [0.4, 0.5) is 0 Å². The first kappa shape index (κ1) is 15.2. The number of unbranched alkanes of at least 4 members (excludes halogenated alkanes) is 1. The average Bonchev–Trinajstić information content (AvgIpc) is 2.24. The molecule has 0 spiro atoms. The average molecular weight is 233 g/mol. The van der Waals surface area contributed by atoms with Gasteiger partial charge in [-0.3, -0.25) is 0 Å². The van der Waals surface area contributed by atoms with E-state index in [9.17, 15) is 4.79 Å². The van der Waals surface area contributed by atoms with E-state index < -0.39 is 5.97 Å². The Balaban J connectivity index is 4.24. The van der Waals surface area contributed by atoms with E-state index in [0.717, 1.165) is 24.8 Å². The molecule has 0 radical (unpaired) electrons. The molecule has 0 aliphatic carbocycles. The van der Waals surface area contributed by atoms with Crippen LogP contribution in [0.3, 0.4) is 0 Å². The van der Waals surface area contributed by atoms with Crippen LogP contribution in [0.1, 0.15) is 40.0 Å². The zero-order valence-corrected chi connectivity index (χ0v) is 10.7. The molecule has 0 fully saturated rings. The zero-order chi connectivity index (χ0) is 13.3. The molecule has 0 saturated carbocycles. The number of hydrogen-bond acceptors (Lipinski definition) is 2. The molecule has 0 atom stereocenters. The Hall–Kier alpha value is -1.82. The number of carboxylic acid groups (broad SMARTS) is 1. The first-order valence-electron chi connectivity index (χ1n) is 5.61. The molecule has 0 heterocycles. The summed E-state index contributed by atoms with van der Waals surface area (Å²) >= 11 is 0. The minimum atomic E-state index is -1.18. The Morgan fingerprint density at radius 2 is 1.94 bits per heavy atom. The van der Waals surface area contributed by atoms with Crippen molar-refractivity contribution in [3.05, 3.63) is 34.9 Å². The van der Waals surface area contributed by atoms with Gasteiger partial charge in [0.2, 0.25) is 0 Å². The fraction of sp³-hybridized carbons (Fsp3) is 0.429. The summed E-state index contributed by atoms with van der Waals surface area (Å²) in [5, 5.41) is 17.2. The second-order valence-electron chi connectivity index (χ2n) is 4.18. The van der Waals surface area contributed by atoms with Crippen LogP contribution in [-0.2, 0) is 4.79 Å². The van der Waals surface area contributed by atoms with Gasteiger partial charge in [-0.1, -0.05) is 23.3 Å². The van der Waals surface area contributed by atoms with Gasteiger partial charge in [-0.15, -0.1) is 0 Å². The molecule has 0 aromatic rings. The Morgan fingerprint density at radius 3 is 2.41 bits per heavy atom. The van der Waals surface area contributed by atoms with Crippen LogP contribution < -0.4 is 0 Å². The lowest BCUT2D eigenvalue weighted by Gasteiger charge is -1.98. The maximum atomic E-state index is 10.6. The number of aliphatic carboxylic acids is 1. The van der Waals surface area contributed by atoms with Crippen molar-refractivity contribution >= 4 is 5.97 Å². The number of carboxylic acids is 1. The first-order valence-corrected chi connectivity index (χ1v) is 5.61. The summed E-state index contributed by atoms with van der Waals surface area (Å²) < 4.78 is 0. The number of nitriles is 1. The van der Waals surface area contributed by atoms with Crippen LogP contribution in [0.15, 0.2) is 34.9 Å². The summed E-state index contributed by atoms with van der Waals surface area (Å²) in [6.45, 7) is 6.07. The van der Waals surface area contributed by atoms with E-state index >= 15 is 0 Å². The van der Waals surface area contributed by atoms with E-state index in [0.29, 0.717) is 0 Å². The van der Waals surface area contributed by atoms with E-state index in [2.05, 4.69) is 19.9 Å². The number of nitrogens with zero attached hydrogens (tertiary/aromatic N) is 1. The quantitative estimate of drug-likeness (QED) is 0.251. The molecule has 0 rings (SSSR count). The molecule has 0 aliphatic heterocycles. The highest BCUT2D eigenvalue weighted by Crippen LogP contribution is 2.09. The lowest BCUT2D eigenvalue weighted by Crippen LogP contribution is -1.96. The Labute approximate surface area is 103 Å². The fourth-order valence-electron chi connectivity index (χ4n) is 1.24. The third-order valence-electron chi connectivity index (χ3n) is 2.21. The van der Waals surface area contributed by atoms with Gasteiger partial charge in [-0.2, -0.15) is 5.26 Å². The van der Waals surface area contributed by atoms with Crippen molar-refractivity contribution in [3.8, 4) is 6.07 Å². The van der Waals surface area contributed by atoms with E-state index in [1.807, 2.05) is 6.92 Å². The van der Waals surface area contributed by atoms with Gasteiger partial charge >= 0.3 is 5.97 Å². The summed E-state index contributed by atoms with van der Waals surface area (Å²) in [6.07, 6.45) is 8.23. The highest BCUT2D eigenvalue weighted by atomic mass is 16.4. The second kappa shape index (κ2) is 8.35. The van der Waals surface area contributed by atoms with E-state index in [1.165, 1.54) is 11.6 Å². The number of rotatable bonds is 6. The number of allylic oxidation sites excluding steroid dienone is 5. The summed E-state index contributed by atoms with van der Waals surface area (Å²) in [6, 6.07) is 1.65. The molecule has 17 heavy (non-hydrogen) atoms. The fourth-order valence-corrected chi connectivity index (χ4v) is 1.24. The van der Waals surface area contributed by atoms with Gasteiger partial charge in [-0.25, -0.2) is 4.79 Å². The van der Waals surface area contributed by atoms with Gasteiger partial charge in [0.25, 0.3) is 0 Å². The Bertz CT molecular complexity index is 391. The molecule has 0 unspecified atom stereocenters. The maximum Gasteiger partial charge on any atom is 0.346 e. The third-order valence-corrected chi connectivity index (χ3v) is 2.21. The first-order chi connectivity index (χ1) is 7.97. The molecule has 0 aliphatic rings. The topological polar surface area (TPSA) is 61.1 Å². The Kier molecular flexibility index (Phi) is 7.45. The summed E-state index contributed by atoms with van der Waals surface area (Å²) in [4.78, 5) is 10.6. The van der Waals surface area contributed by atoms with Gasteiger partial charge in [0, 0.05) is 0 Å². The molecule has 0 amide bonds. The lowest BCUT2D eigenvalue weighted by atomic mass is 10.1. The van der Waals surface area contributed by atoms with Crippen LogP contribution >= 0.6 is 0 Å². The monoisotopic (exact) mass is 233 g/mol. The highest BCUT2D eigenvalue weighted by molar-refractivity contribution is 5.91. The van der Waals surface area contributed by atoms with Crippen molar-refractivity contribution in [2.24, 2.45) is 0 Å². The Morgan fingerprint density at radius 1 is 1.29 bits per heavy atom. The normalized spacial score (nSPS) is 11.9. The van der Waals surface area contributed by atoms with Crippen LogP contribution in [0.5, 0.6) is 0 Å². The summed E-state index contributed by atoms with van der Waals surface area (Å²) in [5.41, 5.74) is 2.17. The van der Waals surface area contributed by atoms with Crippen LogP contribution in [-0.4, -0.2) is 11.1 Å². The molecule has 3 nitrogen and oxygen atoms in total.